The standard InChI is InChI=1S/C19H24N4O4/c1-3-20-18(25)16-9-14(11-23(16)10-13-6-8-27-12-13)21-19(26)17(24)15-5-4-7-22(15)2/h4-8,12,14,16H,3,9-11H2,1-2H3,(H,20,25)(H,21,26). The molecule has 3 heterocycles. The Balaban J connectivity index is 1.67. The SMILES string of the molecule is CCNC(=O)C1CC(NC(=O)C(=O)c2cccn2C)CN1Cc1ccoc1. The third-order valence-corrected chi connectivity index (χ3v) is 4.74. The van der Waals surface area contributed by atoms with Crippen LogP contribution in [0.4, 0.5) is 0 Å². The first kappa shape index (κ1) is 18.9. The summed E-state index contributed by atoms with van der Waals surface area (Å²) >= 11 is 0. The monoisotopic (exact) mass is 372 g/mol. The summed E-state index contributed by atoms with van der Waals surface area (Å²) in [6.07, 6.45) is 5.40. The number of carbonyl (C=O) groups is 3. The summed E-state index contributed by atoms with van der Waals surface area (Å²) in [6.45, 7) is 3.43. The first-order chi connectivity index (χ1) is 13.0. The van der Waals surface area contributed by atoms with Gasteiger partial charge in [0.05, 0.1) is 24.3 Å². The number of ketones is 1. The van der Waals surface area contributed by atoms with Crippen LogP contribution in [0.1, 0.15) is 29.4 Å². The van der Waals surface area contributed by atoms with Crippen LogP contribution in [0.2, 0.25) is 0 Å². The maximum Gasteiger partial charge on any atom is 0.294 e. The van der Waals surface area contributed by atoms with Crippen LogP contribution in [0, 0.1) is 0 Å². The lowest BCUT2D eigenvalue weighted by Gasteiger charge is -2.22. The first-order valence-corrected chi connectivity index (χ1v) is 8.99. The number of rotatable bonds is 7. The van der Waals surface area contributed by atoms with E-state index in [0.29, 0.717) is 31.7 Å². The summed E-state index contributed by atoms with van der Waals surface area (Å²) in [5.41, 5.74) is 1.29. The van der Waals surface area contributed by atoms with Crippen LogP contribution in [0.3, 0.4) is 0 Å². The number of Topliss-reactive ketones (excluding diaryl/α,β-unsaturated/α-hetero) is 1. The predicted octanol–water partition coefficient (Wildman–Crippen LogP) is 0.696. The van der Waals surface area contributed by atoms with E-state index >= 15 is 0 Å². The molecular formula is C19H24N4O4. The van der Waals surface area contributed by atoms with Crippen molar-refractivity contribution in [3.8, 4) is 0 Å². The van der Waals surface area contributed by atoms with Crippen molar-refractivity contribution in [1.82, 2.24) is 20.1 Å². The molecule has 0 aliphatic carbocycles. The smallest absolute Gasteiger partial charge is 0.294 e. The summed E-state index contributed by atoms with van der Waals surface area (Å²) < 4.78 is 6.71. The molecule has 1 aliphatic rings. The molecule has 2 aromatic heterocycles. The third-order valence-electron chi connectivity index (χ3n) is 4.74. The second-order valence-electron chi connectivity index (χ2n) is 6.71. The van der Waals surface area contributed by atoms with Gasteiger partial charge in [-0.15, -0.1) is 0 Å². The Morgan fingerprint density at radius 2 is 2.11 bits per heavy atom. The zero-order valence-corrected chi connectivity index (χ0v) is 15.5. The zero-order chi connectivity index (χ0) is 19.4. The summed E-state index contributed by atoms with van der Waals surface area (Å²) in [4.78, 5) is 39.1. The largest absolute Gasteiger partial charge is 0.472 e. The van der Waals surface area contributed by atoms with E-state index in [0.717, 1.165) is 5.56 Å². The fourth-order valence-corrected chi connectivity index (χ4v) is 3.43. The van der Waals surface area contributed by atoms with Gasteiger partial charge in [0, 0.05) is 44.5 Å². The number of carbonyl (C=O) groups excluding carboxylic acids is 3. The third kappa shape index (κ3) is 4.28. The summed E-state index contributed by atoms with van der Waals surface area (Å²) in [5, 5.41) is 5.62. The number of aryl methyl sites for hydroxylation is 1. The highest BCUT2D eigenvalue weighted by Gasteiger charge is 2.38. The maximum atomic E-state index is 12.4. The van der Waals surface area contributed by atoms with Crippen molar-refractivity contribution >= 4 is 17.6 Å². The summed E-state index contributed by atoms with van der Waals surface area (Å²) in [5.74, 6) is -1.31. The van der Waals surface area contributed by atoms with Gasteiger partial charge >= 0.3 is 0 Å². The zero-order valence-electron chi connectivity index (χ0n) is 15.5. The van der Waals surface area contributed by atoms with E-state index in [1.807, 2.05) is 17.9 Å². The normalized spacial score (nSPS) is 19.8. The molecule has 1 aliphatic heterocycles. The van der Waals surface area contributed by atoms with E-state index in [2.05, 4.69) is 10.6 Å². The van der Waals surface area contributed by atoms with Crippen LogP contribution in [-0.4, -0.2) is 52.2 Å². The molecule has 1 saturated heterocycles. The van der Waals surface area contributed by atoms with Gasteiger partial charge in [0.2, 0.25) is 5.91 Å². The molecule has 0 aromatic carbocycles. The van der Waals surface area contributed by atoms with Crippen LogP contribution < -0.4 is 10.6 Å². The van der Waals surface area contributed by atoms with Crippen molar-refractivity contribution in [3.05, 3.63) is 48.2 Å². The molecule has 2 N–H and O–H groups in total. The van der Waals surface area contributed by atoms with Crippen molar-refractivity contribution < 1.29 is 18.8 Å². The summed E-state index contributed by atoms with van der Waals surface area (Å²) in [7, 11) is 1.72. The van der Waals surface area contributed by atoms with E-state index in [1.165, 1.54) is 0 Å². The molecule has 2 unspecified atom stereocenters. The Morgan fingerprint density at radius 1 is 1.30 bits per heavy atom. The van der Waals surface area contributed by atoms with Gasteiger partial charge in [0.1, 0.15) is 0 Å². The van der Waals surface area contributed by atoms with E-state index in [9.17, 15) is 14.4 Å². The molecule has 0 radical (unpaired) electrons. The number of furan rings is 1. The van der Waals surface area contributed by atoms with Crippen LogP contribution in [0.5, 0.6) is 0 Å². The van der Waals surface area contributed by atoms with Crippen molar-refractivity contribution in [3.63, 3.8) is 0 Å². The van der Waals surface area contributed by atoms with Gasteiger partial charge in [-0.1, -0.05) is 0 Å². The fraction of sp³-hybridized carbons (Fsp3) is 0.421. The van der Waals surface area contributed by atoms with Gasteiger partial charge in [-0.05, 0) is 31.5 Å². The number of hydrogen-bond acceptors (Lipinski definition) is 5. The molecule has 0 bridgehead atoms. The first-order valence-electron chi connectivity index (χ1n) is 8.99. The van der Waals surface area contributed by atoms with E-state index < -0.39 is 11.7 Å². The van der Waals surface area contributed by atoms with Crippen LogP contribution in [0.15, 0.2) is 41.3 Å². The Hall–Kier alpha value is -2.87. The molecule has 2 atom stereocenters. The molecule has 1 fully saturated rings. The fourth-order valence-electron chi connectivity index (χ4n) is 3.43. The van der Waals surface area contributed by atoms with Gasteiger partial charge in [-0.3, -0.25) is 19.3 Å². The van der Waals surface area contributed by atoms with Gasteiger partial charge in [-0.2, -0.15) is 0 Å². The van der Waals surface area contributed by atoms with Gasteiger partial charge < -0.3 is 19.6 Å². The Bertz CT molecular complexity index is 812. The number of likely N-dealkylation sites (N-methyl/N-ethyl adjacent to an activating group) is 1. The molecular weight excluding hydrogens is 348 g/mol. The molecule has 27 heavy (non-hydrogen) atoms. The Labute approximate surface area is 157 Å². The predicted molar refractivity (Wildman–Crippen MR) is 97.9 cm³/mol. The highest BCUT2D eigenvalue weighted by atomic mass is 16.3. The van der Waals surface area contributed by atoms with Crippen LogP contribution in [0.25, 0.3) is 0 Å². The minimum Gasteiger partial charge on any atom is -0.472 e. The molecule has 0 spiro atoms. The molecule has 8 heteroatoms. The van der Waals surface area contributed by atoms with Crippen LogP contribution in [-0.2, 0) is 23.2 Å². The average molecular weight is 372 g/mol. The van der Waals surface area contributed by atoms with E-state index in [-0.39, 0.29) is 18.0 Å². The average Bonchev–Trinajstić information content (AvgIpc) is 3.37. The molecule has 144 valence electrons. The summed E-state index contributed by atoms with van der Waals surface area (Å²) in [6, 6.07) is 4.53. The number of aromatic nitrogens is 1. The quantitative estimate of drug-likeness (QED) is 0.551. The number of nitrogens with one attached hydrogen (secondary N) is 2. The van der Waals surface area contributed by atoms with Crippen molar-refractivity contribution in [2.24, 2.45) is 7.05 Å². The maximum absolute atomic E-state index is 12.4. The molecule has 2 amide bonds. The Kier molecular flexibility index (Phi) is 5.75. The lowest BCUT2D eigenvalue weighted by molar-refractivity contribution is -0.125. The number of amides is 2. The second-order valence-corrected chi connectivity index (χ2v) is 6.71. The topological polar surface area (TPSA) is 96.6 Å². The number of likely N-dealkylation sites (tertiary alicyclic amines) is 1. The number of hydrogen-bond donors (Lipinski definition) is 2. The minimum absolute atomic E-state index is 0.0773. The van der Waals surface area contributed by atoms with E-state index in [4.69, 9.17) is 4.42 Å². The van der Waals surface area contributed by atoms with Crippen molar-refractivity contribution in [1.29, 1.82) is 0 Å². The highest BCUT2D eigenvalue weighted by Crippen LogP contribution is 2.21. The minimum atomic E-state index is -0.651. The van der Waals surface area contributed by atoms with Gasteiger partial charge in [-0.25, -0.2) is 0 Å². The highest BCUT2D eigenvalue weighted by molar-refractivity contribution is 6.42. The Morgan fingerprint density at radius 3 is 2.74 bits per heavy atom. The van der Waals surface area contributed by atoms with Crippen LogP contribution >= 0.6 is 0 Å². The van der Waals surface area contributed by atoms with Gasteiger partial charge in [0.15, 0.2) is 0 Å². The van der Waals surface area contributed by atoms with E-state index in [1.54, 1.807) is 42.5 Å². The lowest BCUT2D eigenvalue weighted by atomic mass is 10.1. The lowest BCUT2D eigenvalue weighted by Crippen LogP contribution is -2.42. The van der Waals surface area contributed by atoms with Crippen molar-refractivity contribution in [2.75, 3.05) is 13.1 Å². The van der Waals surface area contributed by atoms with Gasteiger partial charge in [0.25, 0.3) is 11.7 Å². The molecule has 3 rings (SSSR count). The molecule has 2 aromatic rings. The molecule has 0 saturated carbocycles. The number of nitrogens with zero attached hydrogens (tertiary/aromatic N) is 2. The van der Waals surface area contributed by atoms with Crippen molar-refractivity contribution in [2.45, 2.75) is 32.0 Å². The molecule has 8 nitrogen and oxygen atoms in total. The second kappa shape index (κ2) is 8.22.